The molecular weight excluding hydrogens is 526 g/mol. The highest BCUT2D eigenvalue weighted by Gasteiger charge is 2.54. The minimum absolute atomic E-state index is 0.0184. The lowest BCUT2D eigenvalue weighted by Crippen LogP contribution is -2.51. The number of aliphatic hydroxyl groups is 2. The second-order valence-corrected chi connectivity index (χ2v) is 13.0. The van der Waals surface area contributed by atoms with Crippen molar-refractivity contribution >= 4 is 11.9 Å². The number of urea groups is 1. The quantitative estimate of drug-likeness (QED) is 0.367. The predicted molar refractivity (Wildman–Crippen MR) is 163 cm³/mol. The summed E-state index contributed by atoms with van der Waals surface area (Å²) in [4.78, 5) is 30.0. The predicted octanol–water partition coefficient (Wildman–Crippen LogP) is 5.92. The van der Waals surface area contributed by atoms with E-state index in [1.807, 2.05) is 42.3 Å². The van der Waals surface area contributed by atoms with Crippen LogP contribution in [0.15, 0.2) is 66.1 Å². The van der Waals surface area contributed by atoms with Crippen LogP contribution in [0.1, 0.15) is 80.0 Å². The number of hydrogen-bond donors (Lipinski definition) is 3. The number of aliphatic hydroxyl groups excluding tert-OH is 2. The van der Waals surface area contributed by atoms with Gasteiger partial charge in [-0.3, -0.25) is 9.69 Å². The lowest BCUT2D eigenvalue weighted by molar-refractivity contribution is -0.124. The summed E-state index contributed by atoms with van der Waals surface area (Å²) in [7, 11) is 3.55. The fourth-order valence-corrected chi connectivity index (χ4v) is 8.68. The molecule has 3 amide bonds. The van der Waals surface area contributed by atoms with Gasteiger partial charge in [-0.25, -0.2) is 4.79 Å². The van der Waals surface area contributed by atoms with E-state index in [4.69, 9.17) is 0 Å². The van der Waals surface area contributed by atoms with Crippen LogP contribution in [0.4, 0.5) is 4.79 Å². The van der Waals surface area contributed by atoms with Crippen molar-refractivity contribution in [2.75, 3.05) is 20.7 Å². The fraction of sp³-hybridized carbons (Fsp3) is 0.543. The monoisotopic (exact) mass is 571 g/mol. The molecule has 6 rings (SSSR count). The molecule has 0 saturated heterocycles. The van der Waals surface area contributed by atoms with Crippen LogP contribution in [-0.4, -0.2) is 58.7 Å². The molecule has 0 spiro atoms. The van der Waals surface area contributed by atoms with E-state index in [1.54, 1.807) is 7.05 Å². The van der Waals surface area contributed by atoms with Crippen molar-refractivity contribution in [3.8, 4) is 0 Å². The van der Waals surface area contributed by atoms with Crippen molar-refractivity contribution in [2.24, 2.45) is 23.7 Å². The lowest BCUT2D eigenvalue weighted by atomic mass is 9.75. The molecule has 4 aliphatic rings. The molecule has 0 aromatic heterocycles. The standard InChI is InChI=1S/C35H45N3O4/c1-37-32-28(26-14-8-9-15-27(26)31(32)34(41)38(2)35(37)42)20-22-16-18-25(19-17-22)30(24-12-6-7-13-24)33(40)36-29(21-39)23-10-4-3-5-11-23/h3-5,10-11,16-19,24,26-30,32,39,41H,6-9,12-15,20-21H2,1-2H3,(H,36,40)/t26?,27?,28?,29-,30?,32?/m0/s1. The van der Waals surface area contributed by atoms with Gasteiger partial charge in [-0.2, -0.15) is 0 Å². The molecule has 2 aromatic rings. The highest BCUT2D eigenvalue weighted by molar-refractivity contribution is 5.84. The zero-order valence-corrected chi connectivity index (χ0v) is 24.9. The number of fused-ring (bicyclic) bond motifs is 3. The van der Waals surface area contributed by atoms with E-state index >= 15 is 0 Å². The Bertz CT molecular complexity index is 1300. The van der Waals surface area contributed by atoms with Gasteiger partial charge in [-0.05, 0) is 72.5 Å². The molecule has 7 heteroatoms. The molecule has 3 saturated carbocycles. The van der Waals surface area contributed by atoms with Gasteiger partial charge < -0.3 is 20.4 Å². The summed E-state index contributed by atoms with van der Waals surface area (Å²) in [5, 5.41) is 24.3. The number of carbonyl (C=O) groups excluding carboxylic acids is 2. The highest BCUT2D eigenvalue weighted by atomic mass is 16.3. The molecule has 1 aliphatic heterocycles. The third kappa shape index (κ3) is 5.21. The van der Waals surface area contributed by atoms with Crippen LogP contribution in [0.25, 0.3) is 0 Å². The normalized spacial score (nSPS) is 27.5. The van der Waals surface area contributed by atoms with Crippen LogP contribution in [0.3, 0.4) is 0 Å². The van der Waals surface area contributed by atoms with Crippen molar-refractivity contribution in [1.82, 2.24) is 15.1 Å². The van der Waals surface area contributed by atoms with Crippen LogP contribution >= 0.6 is 0 Å². The van der Waals surface area contributed by atoms with Crippen molar-refractivity contribution in [2.45, 2.75) is 75.8 Å². The SMILES string of the molecule is CN1C(=O)N(C)C2C(=C1O)C1CCCCC1C2Cc1ccc(C(C(=O)N[C@@H](CO)c2ccccc2)C2CCCC2)cc1. The van der Waals surface area contributed by atoms with Gasteiger partial charge in [0.05, 0.1) is 24.6 Å². The van der Waals surface area contributed by atoms with Crippen LogP contribution in [0.2, 0.25) is 0 Å². The van der Waals surface area contributed by atoms with Gasteiger partial charge in [0.1, 0.15) is 0 Å². The second-order valence-electron chi connectivity index (χ2n) is 13.0. The number of likely N-dealkylation sites (N-methyl/N-ethyl adjacent to an activating group) is 1. The van der Waals surface area contributed by atoms with E-state index in [0.29, 0.717) is 17.8 Å². The van der Waals surface area contributed by atoms with E-state index in [2.05, 4.69) is 29.6 Å². The Morgan fingerprint density at radius 3 is 2.29 bits per heavy atom. The number of benzene rings is 2. The highest BCUT2D eigenvalue weighted by Crippen LogP contribution is 2.54. The molecule has 224 valence electrons. The van der Waals surface area contributed by atoms with Gasteiger partial charge in [0, 0.05) is 19.7 Å². The first-order chi connectivity index (χ1) is 20.4. The molecule has 1 heterocycles. The Labute approximate surface area is 249 Å². The number of amides is 3. The van der Waals surface area contributed by atoms with Gasteiger partial charge in [0.2, 0.25) is 5.91 Å². The van der Waals surface area contributed by atoms with Crippen LogP contribution in [0.5, 0.6) is 0 Å². The van der Waals surface area contributed by atoms with Gasteiger partial charge >= 0.3 is 6.03 Å². The smallest absolute Gasteiger partial charge is 0.326 e. The van der Waals surface area contributed by atoms with Gasteiger partial charge in [-0.1, -0.05) is 80.3 Å². The topological polar surface area (TPSA) is 93.1 Å². The van der Waals surface area contributed by atoms with E-state index in [-0.39, 0.29) is 42.3 Å². The molecule has 3 N–H and O–H groups in total. The summed E-state index contributed by atoms with van der Waals surface area (Å²) >= 11 is 0. The molecule has 3 fully saturated rings. The molecule has 3 aliphatic carbocycles. The first kappa shape index (κ1) is 28.8. The molecule has 6 atom stereocenters. The Kier molecular flexibility index (Phi) is 8.30. The minimum Gasteiger partial charge on any atom is -0.494 e. The van der Waals surface area contributed by atoms with E-state index in [1.165, 1.54) is 23.3 Å². The Balaban J connectivity index is 1.24. The molecular formula is C35H45N3O4. The first-order valence-electron chi connectivity index (χ1n) is 15.9. The first-order valence-corrected chi connectivity index (χ1v) is 15.9. The maximum absolute atomic E-state index is 13.8. The van der Waals surface area contributed by atoms with Crippen molar-refractivity contribution < 1.29 is 19.8 Å². The number of hydrogen-bond acceptors (Lipinski definition) is 4. The maximum atomic E-state index is 13.8. The zero-order chi connectivity index (χ0) is 29.4. The summed E-state index contributed by atoms with van der Waals surface area (Å²) < 4.78 is 0. The van der Waals surface area contributed by atoms with Crippen LogP contribution in [0, 0.1) is 23.7 Å². The summed E-state index contributed by atoms with van der Waals surface area (Å²) in [6, 6.07) is 17.6. The van der Waals surface area contributed by atoms with Crippen LogP contribution < -0.4 is 5.32 Å². The molecule has 0 radical (unpaired) electrons. The van der Waals surface area contributed by atoms with Crippen molar-refractivity contribution in [3.05, 3.63) is 82.7 Å². The van der Waals surface area contributed by atoms with Gasteiger partial charge in [0.25, 0.3) is 0 Å². The largest absolute Gasteiger partial charge is 0.494 e. The Morgan fingerprint density at radius 1 is 0.929 bits per heavy atom. The number of rotatable bonds is 8. The Morgan fingerprint density at radius 2 is 1.60 bits per heavy atom. The maximum Gasteiger partial charge on any atom is 0.326 e. The van der Waals surface area contributed by atoms with E-state index in [9.17, 15) is 19.8 Å². The lowest BCUT2D eigenvalue weighted by Gasteiger charge is -2.39. The third-order valence-corrected chi connectivity index (χ3v) is 10.7. The third-order valence-electron chi connectivity index (χ3n) is 10.7. The van der Waals surface area contributed by atoms with Gasteiger partial charge in [-0.15, -0.1) is 0 Å². The van der Waals surface area contributed by atoms with Gasteiger partial charge in [0.15, 0.2) is 5.88 Å². The van der Waals surface area contributed by atoms with Crippen LogP contribution in [-0.2, 0) is 11.2 Å². The van der Waals surface area contributed by atoms with Crippen molar-refractivity contribution in [3.63, 3.8) is 0 Å². The zero-order valence-electron chi connectivity index (χ0n) is 24.9. The summed E-state index contributed by atoms with van der Waals surface area (Å²) in [5.74, 6) is 1.22. The average Bonchev–Trinajstić information content (AvgIpc) is 3.66. The minimum atomic E-state index is -0.430. The average molecular weight is 572 g/mol. The molecule has 5 unspecified atom stereocenters. The Hall–Kier alpha value is -3.32. The molecule has 2 aromatic carbocycles. The second kappa shape index (κ2) is 12.1. The molecule has 0 bridgehead atoms. The van der Waals surface area contributed by atoms with E-state index < -0.39 is 6.04 Å². The summed E-state index contributed by atoms with van der Waals surface area (Å²) in [6.45, 7) is -0.143. The molecule has 7 nitrogen and oxygen atoms in total. The summed E-state index contributed by atoms with van der Waals surface area (Å²) in [5.41, 5.74) is 4.19. The number of nitrogens with zero attached hydrogens (tertiary/aromatic N) is 2. The molecule has 42 heavy (non-hydrogen) atoms. The number of nitrogens with one attached hydrogen (secondary N) is 1. The number of carbonyl (C=O) groups is 2. The summed E-state index contributed by atoms with van der Waals surface area (Å²) in [6.07, 6.45) is 9.76. The van der Waals surface area contributed by atoms with Crippen molar-refractivity contribution in [1.29, 1.82) is 0 Å². The van der Waals surface area contributed by atoms with E-state index in [0.717, 1.165) is 61.6 Å². The fourth-order valence-electron chi connectivity index (χ4n) is 8.68.